The molecule has 0 aromatic carbocycles. The highest BCUT2D eigenvalue weighted by atomic mass is 16.5. The lowest BCUT2D eigenvalue weighted by Gasteiger charge is -2.21. The van der Waals surface area contributed by atoms with E-state index in [1.807, 2.05) is 6.20 Å². The lowest BCUT2D eigenvalue weighted by Crippen LogP contribution is -2.15. The molecule has 3 heterocycles. The van der Waals surface area contributed by atoms with E-state index in [9.17, 15) is 0 Å². The molecular formula is C18H29N3O. The molecule has 2 aromatic heterocycles. The molecule has 1 saturated heterocycles. The average Bonchev–Trinajstić information content (AvgIpc) is 2.84. The fourth-order valence-electron chi connectivity index (χ4n) is 3.29. The minimum Gasteiger partial charge on any atom is -0.380 e. The van der Waals surface area contributed by atoms with Crippen molar-refractivity contribution in [2.75, 3.05) is 26.3 Å². The maximum Gasteiger partial charge on any atom is 0.137 e. The van der Waals surface area contributed by atoms with E-state index < -0.39 is 0 Å². The van der Waals surface area contributed by atoms with E-state index in [4.69, 9.17) is 4.74 Å². The molecule has 2 aromatic rings. The van der Waals surface area contributed by atoms with Crippen LogP contribution < -0.4 is 5.32 Å². The first-order valence-corrected chi connectivity index (χ1v) is 8.65. The molecule has 4 rings (SSSR count). The summed E-state index contributed by atoms with van der Waals surface area (Å²) in [6.45, 7) is 3.98. The summed E-state index contributed by atoms with van der Waals surface area (Å²) in [4.78, 5) is 7.60. The van der Waals surface area contributed by atoms with Gasteiger partial charge in [-0.1, -0.05) is 19.3 Å². The molecule has 2 N–H and O–H groups in total. The van der Waals surface area contributed by atoms with Crippen LogP contribution in [0.25, 0.3) is 11.0 Å². The summed E-state index contributed by atoms with van der Waals surface area (Å²) < 4.78 is 5.13. The summed E-state index contributed by atoms with van der Waals surface area (Å²) >= 11 is 0. The van der Waals surface area contributed by atoms with Crippen molar-refractivity contribution >= 4 is 11.0 Å². The zero-order valence-electron chi connectivity index (χ0n) is 13.3. The summed E-state index contributed by atoms with van der Waals surface area (Å²) in [5.41, 5.74) is 2.44. The summed E-state index contributed by atoms with van der Waals surface area (Å²) in [5, 5.41) is 4.47. The van der Waals surface area contributed by atoms with Crippen LogP contribution in [0.2, 0.25) is 0 Å². The van der Waals surface area contributed by atoms with Crippen LogP contribution in [0, 0.1) is 0 Å². The van der Waals surface area contributed by atoms with Gasteiger partial charge in [-0.25, -0.2) is 4.98 Å². The number of hydrogen-bond acceptors (Lipinski definition) is 3. The normalized spacial score (nSPS) is 20.2. The van der Waals surface area contributed by atoms with Crippen molar-refractivity contribution in [3.63, 3.8) is 0 Å². The van der Waals surface area contributed by atoms with Gasteiger partial charge in [-0.15, -0.1) is 0 Å². The third kappa shape index (κ3) is 4.31. The van der Waals surface area contributed by atoms with Crippen molar-refractivity contribution in [3.05, 3.63) is 30.1 Å². The first-order chi connectivity index (χ1) is 10.9. The maximum absolute atomic E-state index is 5.13. The molecule has 0 radical (unpaired) electrons. The Labute approximate surface area is 134 Å². The second-order valence-corrected chi connectivity index (χ2v) is 6.24. The molecule has 4 heteroatoms. The van der Waals surface area contributed by atoms with E-state index in [2.05, 4.69) is 33.6 Å². The van der Waals surface area contributed by atoms with Crippen molar-refractivity contribution in [2.45, 2.75) is 44.4 Å². The second-order valence-electron chi connectivity index (χ2n) is 6.24. The Kier molecular flexibility index (Phi) is 5.85. The highest BCUT2D eigenvalue weighted by molar-refractivity contribution is 5.75. The zero-order valence-corrected chi connectivity index (χ0v) is 13.3. The Morgan fingerprint density at radius 2 is 2.00 bits per heavy atom. The quantitative estimate of drug-likeness (QED) is 0.841. The number of hydrogen-bond donors (Lipinski definition) is 2. The lowest BCUT2D eigenvalue weighted by molar-refractivity contribution is 0.151. The number of fused-ring (bicyclic) bond motifs is 1. The molecule has 1 aliphatic heterocycles. The van der Waals surface area contributed by atoms with E-state index >= 15 is 0 Å². The number of rotatable bonds is 1. The molecular weight excluding hydrogens is 274 g/mol. The van der Waals surface area contributed by atoms with Gasteiger partial charge < -0.3 is 15.0 Å². The van der Waals surface area contributed by atoms with E-state index in [0.717, 1.165) is 37.9 Å². The molecule has 0 bridgehead atoms. The minimum absolute atomic E-state index is 0. The highest BCUT2D eigenvalue weighted by Gasteiger charge is 2.16. The van der Waals surface area contributed by atoms with Crippen LogP contribution in [0.5, 0.6) is 0 Å². The Morgan fingerprint density at radius 3 is 2.91 bits per heavy atom. The van der Waals surface area contributed by atoms with E-state index in [1.54, 1.807) is 0 Å². The molecule has 0 atom stereocenters. The Bertz CT molecular complexity index is 546. The van der Waals surface area contributed by atoms with Crippen LogP contribution in [-0.4, -0.2) is 36.3 Å². The third-order valence-electron chi connectivity index (χ3n) is 4.56. The van der Waals surface area contributed by atoms with Gasteiger partial charge in [0.25, 0.3) is 0 Å². The van der Waals surface area contributed by atoms with Gasteiger partial charge in [-0.3, -0.25) is 0 Å². The van der Waals surface area contributed by atoms with Crippen molar-refractivity contribution < 1.29 is 6.16 Å². The molecule has 0 amide bonds. The third-order valence-corrected chi connectivity index (χ3v) is 4.56. The van der Waals surface area contributed by atoms with Gasteiger partial charge in [-0.05, 0) is 49.4 Å². The van der Waals surface area contributed by atoms with Crippen LogP contribution in [-0.2, 0) is 4.74 Å². The molecule has 4 nitrogen and oxygen atoms in total. The number of nitrogens with zero attached hydrogens (tertiary/aromatic N) is 1. The Hall–Kier alpha value is -1.39. The van der Waals surface area contributed by atoms with Crippen LogP contribution in [0.3, 0.4) is 0 Å². The predicted molar refractivity (Wildman–Crippen MR) is 92.3 cm³/mol. The smallest absolute Gasteiger partial charge is 0.137 e. The number of aromatic amines is 1. The summed E-state index contributed by atoms with van der Waals surface area (Å²) in [7, 11) is 0. The van der Waals surface area contributed by atoms with Crippen molar-refractivity contribution in [1.82, 2.24) is 15.3 Å². The molecule has 1 aliphatic carbocycles. The Balaban J connectivity index is 0.000000205. The molecule has 2 fully saturated rings. The second kappa shape index (κ2) is 8.30. The van der Waals surface area contributed by atoms with Crippen molar-refractivity contribution in [1.29, 1.82) is 0 Å². The van der Waals surface area contributed by atoms with Crippen LogP contribution in [0.15, 0.2) is 24.5 Å². The summed E-state index contributed by atoms with van der Waals surface area (Å²) in [5.74, 6) is 0.755. The average molecular weight is 303 g/mol. The summed E-state index contributed by atoms with van der Waals surface area (Å²) in [6, 6.07) is 4.41. The largest absolute Gasteiger partial charge is 0.380 e. The standard InChI is InChI=1S/C13H16N2.C5H11NO.H2/c1-2-4-10(5-3-1)12-8-11-6-7-14-13(11)15-9-12;1-2-6-3-5-7-4-1;/h6-10H,1-5H2,(H,14,15);6H,1-5H2;1H. The molecule has 2 aliphatic rings. The minimum atomic E-state index is 0. The van der Waals surface area contributed by atoms with Crippen LogP contribution >= 0.6 is 0 Å². The fourth-order valence-corrected chi connectivity index (χ4v) is 3.29. The maximum atomic E-state index is 5.13. The summed E-state index contributed by atoms with van der Waals surface area (Å²) in [6.07, 6.45) is 12.0. The molecule has 122 valence electrons. The predicted octanol–water partition coefficient (Wildman–Crippen LogP) is 3.85. The van der Waals surface area contributed by atoms with Crippen LogP contribution in [0.4, 0.5) is 0 Å². The van der Waals surface area contributed by atoms with Gasteiger partial charge in [0.05, 0.1) is 6.61 Å². The van der Waals surface area contributed by atoms with Gasteiger partial charge in [0, 0.05) is 32.4 Å². The number of aromatic nitrogens is 2. The first kappa shape index (κ1) is 15.5. The van der Waals surface area contributed by atoms with Crippen molar-refractivity contribution in [2.24, 2.45) is 0 Å². The highest BCUT2D eigenvalue weighted by Crippen LogP contribution is 2.33. The molecule has 0 unspecified atom stereocenters. The first-order valence-electron chi connectivity index (χ1n) is 8.65. The number of ether oxygens (including phenoxy) is 1. The van der Waals surface area contributed by atoms with E-state index in [-0.39, 0.29) is 1.43 Å². The monoisotopic (exact) mass is 303 g/mol. The van der Waals surface area contributed by atoms with Gasteiger partial charge in [0.1, 0.15) is 5.65 Å². The van der Waals surface area contributed by atoms with Gasteiger partial charge in [0.15, 0.2) is 0 Å². The topological polar surface area (TPSA) is 49.9 Å². The van der Waals surface area contributed by atoms with Gasteiger partial charge >= 0.3 is 0 Å². The SMILES string of the molecule is C1CNCCOC1.[HH].c1cc2cc(C3CCCCC3)cnc2[nH]1. The number of pyridine rings is 1. The molecule has 0 spiro atoms. The van der Waals surface area contributed by atoms with Gasteiger partial charge in [0.2, 0.25) is 0 Å². The van der Waals surface area contributed by atoms with Crippen molar-refractivity contribution in [3.8, 4) is 0 Å². The van der Waals surface area contributed by atoms with E-state index in [0.29, 0.717) is 0 Å². The zero-order chi connectivity index (χ0) is 15.0. The van der Waals surface area contributed by atoms with E-state index in [1.165, 1.54) is 49.5 Å². The van der Waals surface area contributed by atoms with Gasteiger partial charge in [-0.2, -0.15) is 0 Å². The van der Waals surface area contributed by atoms with Crippen LogP contribution in [0.1, 0.15) is 51.4 Å². The Morgan fingerprint density at radius 1 is 1.09 bits per heavy atom. The number of nitrogens with one attached hydrogen (secondary N) is 2. The fraction of sp³-hybridized carbons (Fsp3) is 0.611. The number of H-pyrrole nitrogens is 1. The molecule has 1 saturated carbocycles. The molecule has 22 heavy (non-hydrogen) atoms. The lowest BCUT2D eigenvalue weighted by atomic mass is 9.85.